The second-order valence-electron chi connectivity index (χ2n) is 5.84. The molecular weight excluding hydrogens is 254 g/mol. The molecule has 2 N–H and O–H groups in total. The summed E-state index contributed by atoms with van der Waals surface area (Å²) in [6.45, 7) is 3.54. The number of amides is 1. The van der Waals surface area contributed by atoms with E-state index in [-0.39, 0.29) is 5.91 Å². The van der Waals surface area contributed by atoms with Crippen molar-refractivity contribution in [3.8, 4) is 0 Å². The third-order valence-electron chi connectivity index (χ3n) is 4.61. The normalized spacial score (nSPS) is 21.6. The molecule has 110 valence electrons. The Labute approximate surface area is 119 Å². The van der Waals surface area contributed by atoms with Crippen LogP contribution in [0, 0.1) is 0 Å². The molecule has 2 aliphatic rings. The van der Waals surface area contributed by atoms with Gasteiger partial charge >= 0.3 is 0 Å². The van der Waals surface area contributed by atoms with Crippen molar-refractivity contribution in [2.45, 2.75) is 31.7 Å². The molecule has 3 rings (SSSR count). The van der Waals surface area contributed by atoms with Gasteiger partial charge in [-0.3, -0.25) is 14.4 Å². The molecule has 1 aliphatic heterocycles. The minimum absolute atomic E-state index is 0.00794. The molecule has 2 heterocycles. The average molecular weight is 277 g/mol. The first-order valence-electron chi connectivity index (χ1n) is 7.47. The van der Waals surface area contributed by atoms with Crippen LogP contribution >= 0.6 is 0 Å². The highest BCUT2D eigenvalue weighted by atomic mass is 16.2. The minimum atomic E-state index is 0.00794. The van der Waals surface area contributed by atoms with Gasteiger partial charge < -0.3 is 10.6 Å². The van der Waals surface area contributed by atoms with Gasteiger partial charge in [0.15, 0.2) is 0 Å². The van der Waals surface area contributed by atoms with E-state index in [2.05, 4.69) is 10.00 Å². The molecular formula is C14H23N5O. The highest BCUT2D eigenvalue weighted by Crippen LogP contribution is 2.24. The average Bonchev–Trinajstić information content (AvgIpc) is 3.09. The number of hydrogen-bond donors (Lipinski definition) is 1. The van der Waals surface area contributed by atoms with Crippen LogP contribution in [0.25, 0.3) is 0 Å². The van der Waals surface area contributed by atoms with Gasteiger partial charge in [-0.2, -0.15) is 5.10 Å². The van der Waals surface area contributed by atoms with Crippen molar-refractivity contribution in [2.24, 2.45) is 7.05 Å². The van der Waals surface area contributed by atoms with Crippen LogP contribution in [0.15, 0.2) is 6.20 Å². The van der Waals surface area contributed by atoms with Crippen LogP contribution in [0.2, 0.25) is 0 Å². The van der Waals surface area contributed by atoms with Gasteiger partial charge in [-0.05, 0) is 12.8 Å². The number of carbonyl (C=O) groups is 1. The van der Waals surface area contributed by atoms with Crippen LogP contribution in [0.3, 0.4) is 0 Å². The quantitative estimate of drug-likeness (QED) is 0.864. The molecule has 6 nitrogen and oxygen atoms in total. The molecule has 2 fully saturated rings. The van der Waals surface area contributed by atoms with E-state index < -0.39 is 0 Å². The number of nitrogens with zero attached hydrogens (tertiary/aromatic N) is 4. The van der Waals surface area contributed by atoms with E-state index in [4.69, 9.17) is 5.73 Å². The van der Waals surface area contributed by atoms with Gasteiger partial charge in [-0.1, -0.05) is 12.8 Å². The number of rotatable bonds is 2. The number of carbonyl (C=O) groups excluding carboxylic acids is 1. The van der Waals surface area contributed by atoms with Crippen LogP contribution in [0.5, 0.6) is 0 Å². The first kappa shape index (κ1) is 13.4. The van der Waals surface area contributed by atoms with Gasteiger partial charge in [-0.15, -0.1) is 0 Å². The van der Waals surface area contributed by atoms with Gasteiger partial charge in [0, 0.05) is 39.3 Å². The lowest BCUT2D eigenvalue weighted by molar-refractivity contribution is 0.0564. The first-order chi connectivity index (χ1) is 9.66. The fourth-order valence-electron chi connectivity index (χ4n) is 3.43. The van der Waals surface area contributed by atoms with Crippen molar-refractivity contribution >= 4 is 11.6 Å². The van der Waals surface area contributed by atoms with E-state index in [1.54, 1.807) is 17.9 Å². The molecule has 0 aromatic carbocycles. The number of nitrogens with two attached hydrogens (primary N) is 1. The summed E-state index contributed by atoms with van der Waals surface area (Å²) >= 11 is 0. The van der Waals surface area contributed by atoms with Crippen LogP contribution in [0.1, 0.15) is 36.2 Å². The second-order valence-corrected chi connectivity index (χ2v) is 5.84. The summed E-state index contributed by atoms with van der Waals surface area (Å²) in [6, 6.07) is 0.744. The summed E-state index contributed by atoms with van der Waals surface area (Å²) < 4.78 is 1.57. The maximum absolute atomic E-state index is 12.5. The van der Waals surface area contributed by atoms with Gasteiger partial charge in [-0.25, -0.2) is 0 Å². The molecule has 6 heteroatoms. The number of aromatic nitrogens is 2. The number of hydrogen-bond acceptors (Lipinski definition) is 4. The Kier molecular flexibility index (Phi) is 3.65. The third kappa shape index (κ3) is 2.40. The number of aryl methyl sites for hydroxylation is 1. The van der Waals surface area contributed by atoms with E-state index in [1.807, 2.05) is 4.90 Å². The molecule has 1 aliphatic carbocycles. The fraction of sp³-hybridized carbons (Fsp3) is 0.714. The summed E-state index contributed by atoms with van der Waals surface area (Å²) in [5, 5.41) is 4.04. The van der Waals surface area contributed by atoms with Crippen molar-refractivity contribution in [3.63, 3.8) is 0 Å². The van der Waals surface area contributed by atoms with Crippen molar-refractivity contribution in [3.05, 3.63) is 11.9 Å². The van der Waals surface area contributed by atoms with Gasteiger partial charge in [0.25, 0.3) is 5.91 Å². The molecule has 0 atom stereocenters. The number of piperazine rings is 1. The molecule has 0 bridgehead atoms. The van der Waals surface area contributed by atoms with E-state index in [9.17, 15) is 4.79 Å². The predicted molar refractivity (Wildman–Crippen MR) is 77.4 cm³/mol. The van der Waals surface area contributed by atoms with Gasteiger partial charge in [0.2, 0.25) is 0 Å². The van der Waals surface area contributed by atoms with E-state index in [0.717, 1.165) is 32.2 Å². The lowest BCUT2D eigenvalue weighted by Gasteiger charge is -2.38. The summed E-state index contributed by atoms with van der Waals surface area (Å²) in [7, 11) is 1.76. The van der Waals surface area contributed by atoms with E-state index >= 15 is 0 Å². The van der Waals surface area contributed by atoms with Crippen molar-refractivity contribution in [2.75, 3.05) is 31.9 Å². The van der Waals surface area contributed by atoms with Gasteiger partial charge in [0.05, 0.1) is 11.9 Å². The Hall–Kier alpha value is -1.56. The van der Waals surface area contributed by atoms with Gasteiger partial charge in [0.1, 0.15) is 5.69 Å². The van der Waals surface area contributed by atoms with E-state index in [1.165, 1.54) is 25.7 Å². The minimum Gasteiger partial charge on any atom is -0.396 e. The molecule has 0 spiro atoms. The van der Waals surface area contributed by atoms with Crippen molar-refractivity contribution < 1.29 is 4.79 Å². The molecule has 20 heavy (non-hydrogen) atoms. The van der Waals surface area contributed by atoms with Crippen LogP contribution in [-0.4, -0.2) is 57.7 Å². The van der Waals surface area contributed by atoms with E-state index in [0.29, 0.717) is 11.4 Å². The van der Waals surface area contributed by atoms with Crippen LogP contribution in [-0.2, 0) is 7.05 Å². The van der Waals surface area contributed by atoms with Crippen LogP contribution in [0.4, 0.5) is 5.69 Å². The summed E-state index contributed by atoms with van der Waals surface area (Å²) in [5.74, 6) is 0.00794. The Morgan fingerprint density at radius 3 is 2.45 bits per heavy atom. The number of anilines is 1. The molecule has 0 unspecified atom stereocenters. The molecule has 1 aromatic heterocycles. The monoisotopic (exact) mass is 277 g/mol. The zero-order chi connectivity index (χ0) is 14.1. The standard InChI is InChI=1S/C14H23N5O/c1-17-13(12(15)10-16-17)14(20)19-8-6-18(7-9-19)11-4-2-3-5-11/h10-11H,2-9,15H2,1H3. The summed E-state index contributed by atoms with van der Waals surface area (Å²) in [5.41, 5.74) is 6.82. The zero-order valence-electron chi connectivity index (χ0n) is 12.1. The van der Waals surface area contributed by atoms with Crippen molar-refractivity contribution in [1.82, 2.24) is 19.6 Å². The Morgan fingerprint density at radius 1 is 1.25 bits per heavy atom. The maximum Gasteiger partial charge on any atom is 0.274 e. The largest absolute Gasteiger partial charge is 0.396 e. The first-order valence-corrected chi connectivity index (χ1v) is 7.47. The Balaban J connectivity index is 1.62. The lowest BCUT2D eigenvalue weighted by atomic mass is 10.1. The Morgan fingerprint density at radius 2 is 1.90 bits per heavy atom. The highest BCUT2D eigenvalue weighted by Gasteiger charge is 2.29. The summed E-state index contributed by atoms with van der Waals surface area (Å²) in [6.07, 6.45) is 6.90. The molecule has 1 saturated carbocycles. The zero-order valence-corrected chi connectivity index (χ0v) is 12.1. The molecule has 0 radical (unpaired) electrons. The Bertz CT molecular complexity index is 464. The van der Waals surface area contributed by atoms with Crippen LogP contribution < -0.4 is 5.73 Å². The molecule has 1 amide bonds. The summed E-state index contributed by atoms with van der Waals surface area (Å²) in [4.78, 5) is 16.9. The van der Waals surface area contributed by atoms with Crippen molar-refractivity contribution in [1.29, 1.82) is 0 Å². The third-order valence-corrected chi connectivity index (χ3v) is 4.61. The topological polar surface area (TPSA) is 67.4 Å². The smallest absolute Gasteiger partial charge is 0.274 e. The lowest BCUT2D eigenvalue weighted by Crippen LogP contribution is -2.51. The molecule has 1 saturated heterocycles. The molecule has 1 aromatic rings. The number of nitrogen functional groups attached to an aromatic ring is 1. The second kappa shape index (κ2) is 5.44. The maximum atomic E-state index is 12.5. The predicted octanol–water partition coefficient (Wildman–Crippen LogP) is 0.703. The SMILES string of the molecule is Cn1ncc(N)c1C(=O)N1CCN(C2CCCC2)CC1. The highest BCUT2D eigenvalue weighted by molar-refractivity contribution is 5.97. The fourth-order valence-corrected chi connectivity index (χ4v) is 3.43.